The molecule has 1 aliphatic heterocycles. The fourth-order valence-corrected chi connectivity index (χ4v) is 4.81. The molecule has 13 nitrogen and oxygen atoms in total. The van der Waals surface area contributed by atoms with E-state index in [0.717, 1.165) is 0 Å². The SMILES string of the molecule is CC(C)[C@H](CC(=O)CCCCCN1C(=O)C=CC1=O)C(=O)N[C@@H](C)C(=O)Cc1ccc(COC(=O)Oc2ccc([N+](=O)[O-])cc2)cc1. The zero-order valence-electron chi connectivity index (χ0n) is 26.6. The van der Waals surface area contributed by atoms with Gasteiger partial charge in [-0.15, -0.1) is 0 Å². The lowest BCUT2D eigenvalue weighted by Crippen LogP contribution is -2.44. The van der Waals surface area contributed by atoms with E-state index in [2.05, 4.69) is 5.32 Å². The summed E-state index contributed by atoms with van der Waals surface area (Å²) in [5.74, 6) is -1.90. The number of imide groups is 1. The van der Waals surface area contributed by atoms with E-state index in [0.29, 0.717) is 36.9 Å². The largest absolute Gasteiger partial charge is 0.514 e. The second-order valence-corrected chi connectivity index (χ2v) is 11.6. The molecule has 2 atom stereocenters. The average molecular weight is 650 g/mol. The lowest BCUT2D eigenvalue weighted by Gasteiger charge is -2.22. The molecule has 2 aromatic rings. The van der Waals surface area contributed by atoms with Crippen molar-refractivity contribution in [2.45, 2.75) is 71.9 Å². The molecule has 250 valence electrons. The Morgan fingerprint density at radius 1 is 0.872 bits per heavy atom. The number of ketones is 2. The molecule has 1 aliphatic rings. The summed E-state index contributed by atoms with van der Waals surface area (Å²) in [6, 6.07) is 11.0. The van der Waals surface area contributed by atoms with Crippen LogP contribution in [0.1, 0.15) is 64.0 Å². The third-order valence-electron chi connectivity index (χ3n) is 7.68. The lowest BCUT2D eigenvalue weighted by molar-refractivity contribution is -0.384. The number of rotatable bonds is 18. The standard InChI is InChI=1S/C34H39N3O10/c1-22(2)29(20-27(38)7-5-4-6-18-36-31(40)16-17-32(36)41)33(42)35-23(3)30(39)19-24-8-10-25(11-9-24)21-46-34(43)47-28-14-12-26(13-15-28)37(44)45/h8-17,22-23,29H,4-7,18-21H2,1-3H3,(H,35,42)/t23-,29-/m0/s1. The third kappa shape index (κ3) is 11.6. The molecule has 0 aromatic heterocycles. The number of nitrogens with zero attached hydrogens (tertiary/aromatic N) is 2. The first kappa shape index (κ1) is 36.3. The highest BCUT2D eigenvalue weighted by molar-refractivity contribution is 6.12. The van der Waals surface area contributed by atoms with Crippen LogP contribution in [0.15, 0.2) is 60.7 Å². The summed E-state index contributed by atoms with van der Waals surface area (Å²) in [7, 11) is 0. The first-order valence-corrected chi connectivity index (χ1v) is 15.4. The zero-order valence-corrected chi connectivity index (χ0v) is 26.6. The number of non-ortho nitro benzene ring substituents is 1. The molecular weight excluding hydrogens is 610 g/mol. The van der Waals surface area contributed by atoms with Crippen molar-refractivity contribution in [1.82, 2.24) is 10.2 Å². The van der Waals surface area contributed by atoms with Crippen molar-refractivity contribution in [3.05, 3.63) is 81.9 Å². The fraction of sp³-hybridized carbons (Fsp3) is 0.412. The van der Waals surface area contributed by atoms with Gasteiger partial charge >= 0.3 is 6.16 Å². The van der Waals surface area contributed by atoms with Crippen LogP contribution < -0.4 is 10.1 Å². The topological polar surface area (TPSA) is 179 Å². The molecule has 0 saturated heterocycles. The van der Waals surface area contributed by atoms with Gasteiger partial charge in [-0.2, -0.15) is 0 Å². The maximum absolute atomic E-state index is 13.0. The number of nitro benzene ring substituents is 1. The van der Waals surface area contributed by atoms with Gasteiger partial charge in [0.2, 0.25) is 5.91 Å². The van der Waals surface area contributed by atoms with Gasteiger partial charge in [-0.25, -0.2) is 4.79 Å². The second-order valence-electron chi connectivity index (χ2n) is 11.6. The number of carbonyl (C=O) groups is 6. The molecule has 47 heavy (non-hydrogen) atoms. The Morgan fingerprint density at radius 2 is 1.49 bits per heavy atom. The summed E-state index contributed by atoms with van der Waals surface area (Å²) < 4.78 is 10.1. The summed E-state index contributed by atoms with van der Waals surface area (Å²) in [5, 5.41) is 13.5. The van der Waals surface area contributed by atoms with E-state index in [-0.39, 0.29) is 72.5 Å². The van der Waals surface area contributed by atoms with E-state index >= 15 is 0 Å². The number of ether oxygens (including phenoxy) is 2. The highest BCUT2D eigenvalue weighted by Crippen LogP contribution is 2.20. The van der Waals surface area contributed by atoms with Crippen LogP contribution in [0.4, 0.5) is 10.5 Å². The minimum absolute atomic E-state index is 0.0563. The minimum Gasteiger partial charge on any atom is -0.429 e. The zero-order chi connectivity index (χ0) is 34.5. The summed E-state index contributed by atoms with van der Waals surface area (Å²) >= 11 is 0. The molecule has 0 aliphatic carbocycles. The van der Waals surface area contributed by atoms with Crippen molar-refractivity contribution in [3.63, 3.8) is 0 Å². The van der Waals surface area contributed by atoms with Crippen LogP contribution in [0, 0.1) is 22.0 Å². The predicted octanol–water partition coefficient (Wildman–Crippen LogP) is 4.64. The van der Waals surface area contributed by atoms with Gasteiger partial charge in [-0.3, -0.25) is 39.0 Å². The van der Waals surface area contributed by atoms with Gasteiger partial charge in [0.15, 0.2) is 5.78 Å². The molecule has 1 heterocycles. The summed E-state index contributed by atoms with van der Waals surface area (Å²) in [6.45, 7) is 5.51. The first-order chi connectivity index (χ1) is 22.3. The summed E-state index contributed by atoms with van der Waals surface area (Å²) in [6.07, 6.45) is 3.75. The van der Waals surface area contributed by atoms with Crippen molar-refractivity contribution < 1.29 is 43.2 Å². The lowest BCUT2D eigenvalue weighted by atomic mass is 9.88. The Balaban J connectivity index is 1.38. The number of amides is 3. The van der Waals surface area contributed by atoms with Crippen LogP contribution in [0.5, 0.6) is 5.75 Å². The molecule has 0 spiro atoms. The van der Waals surface area contributed by atoms with Crippen LogP contribution >= 0.6 is 0 Å². The molecule has 1 N–H and O–H groups in total. The molecule has 13 heteroatoms. The monoisotopic (exact) mass is 649 g/mol. The Hall–Kier alpha value is -5.20. The fourth-order valence-electron chi connectivity index (χ4n) is 4.81. The molecule has 0 fully saturated rings. The van der Waals surface area contributed by atoms with E-state index < -0.39 is 23.0 Å². The van der Waals surface area contributed by atoms with Gasteiger partial charge in [-0.05, 0) is 48.9 Å². The molecule has 3 rings (SSSR count). The third-order valence-corrected chi connectivity index (χ3v) is 7.68. The highest BCUT2D eigenvalue weighted by atomic mass is 16.7. The number of nitro groups is 1. The van der Waals surface area contributed by atoms with E-state index in [4.69, 9.17) is 9.47 Å². The molecule has 0 saturated carbocycles. The van der Waals surface area contributed by atoms with Crippen LogP contribution in [0.25, 0.3) is 0 Å². The molecule has 0 unspecified atom stereocenters. The molecule has 0 radical (unpaired) electrons. The number of hydrogen-bond donors (Lipinski definition) is 1. The first-order valence-electron chi connectivity index (χ1n) is 15.4. The Morgan fingerprint density at radius 3 is 2.09 bits per heavy atom. The predicted molar refractivity (Wildman–Crippen MR) is 169 cm³/mol. The minimum atomic E-state index is -0.979. The van der Waals surface area contributed by atoms with Crippen molar-refractivity contribution >= 4 is 41.1 Å². The van der Waals surface area contributed by atoms with Gasteiger partial charge in [-0.1, -0.05) is 44.5 Å². The maximum atomic E-state index is 13.0. The van der Waals surface area contributed by atoms with Crippen molar-refractivity contribution in [1.29, 1.82) is 0 Å². The van der Waals surface area contributed by atoms with E-state index in [1.54, 1.807) is 31.2 Å². The van der Waals surface area contributed by atoms with Crippen LogP contribution in [-0.2, 0) is 41.7 Å². The summed E-state index contributed by atoms with van der Waals surface area (Å²) in [5.41, 5.74) is 1.19. The Kier molecular flexibility index (Phi) is 13.5. The second kappa shape index (κ2) is 17.5. The number of unbranched alkanes of at least 4 members (excludes halogenated alkanes) is 2. The number of benzene rings is 2. The van der Waals surface area contributed by atoms with Crippen molar-refractivity contribution in [3.8, 4) is 5.75 Å². The van der Waals surface area contributed by atoms with Gasteiger partial charge in [0, 0.05) is 56.0 Å². The molecular formula is C34H39N3O10. The van der Waals surface area contributed by atoms with Gasteiger partial charge in [0.25, 0.3) is 17.5 Å². The van der Waals surface area contributed by atoms with E-state index in [1.165, 1.54) is 41.3 Å². The van der Waals surface area contributed by atoms with Crippen LogP contribution in [0.3, 0.4) is 0 Å². The van der Waals surface area contributed by atoms with Crippen LogP contribution in [-0.4, -0.2) is 57.9 Å². The average Bonchev–Trinajstić information content (AvgIpc) is 3.35. The smallest absolute Gasteiger partial charge is 0.429 e. The molecule has 2 aromatic carbocycles. The van der Waals surface area contributed by atoms with E-state index in [1.807, 2.05) is 13.8 Å². The van der Waals surface area contributed by atoms with Gasteiger partial charge in [0.1, 0.15) is 18.1 Å². The summed E-state index contributed by atoms with van der Waals surface area (Å²) in [4.78, 5) is 85.1. The molecule has 3 amide bonds. The highest BCUT2D eigenvalue weighted by Gasteiger charge is 2.28. The molecule has 0 bridgehead atoms. The Labute approximate surface area is 272 Å². The Bertz CT molecular complexity index is 1480. The van der Waals surface area contributed by atoms with Gasteiger partial charge < -0.3 is 14.8 Å². The van der Waals surface area contributed by atoms with Crippen molar-refractivity contribution in [2.75, 3.05) is 6.54 Å². The van der Waals surface area contributed by atoms with E-state index in [9.17, 15) is 38.9 Å². The number of carbonyl (C=O) groups excluding carboxylic acids is 6. The number of nitrogens with one attached hydrogen (secondary N) is 1. The maximum Gasteiger partial charge on any atom is 0.514 e. The quantitative estimate of drug-likeness (QED) is 0.0597. The number of hydrogen-bond acceptors (Lipinski definition) is 10. The van der Waals surface area contributed by atoms with Gasteiger partial charge in [0.05, 0.1) is 11.0 Å². The van der Waals surface area contributed by atoms with Crippen molar-refractivity contribution in [2.24, 2.45) is 11.8 Å². The number of Topliss-reactive ketones (excluding diaryl/α,β-unsaturated/α-hetero) is 2. The van der Waals surface area contributed by atoms with Crippen LogP contribution in [0.2, 0.25) is 0 Å². The normalized spacial score (nSPS) is 13.7.